The lowest BCUT2D eigenvalue weighted by Gasteiger charge is -2.11. The molecule has 2 heteroatoms. The topological polar surface area (TPSA) is 26.0 Å². The Balaban J connectivity index is 2.86. The van der Waals surface area contributed by atoms with Crippen LogP contribution in [-0.2, 0) is 5.41 Å². The van der Waals surface area contributed by atoms with Gasteiger partial charge in [0.1, 0.15) is 5.52 Å². The Hall–Kier alpha value is -1.31. The van der Waals surface area contributed by atoms with Crippen LogP contribution in [0, 0.1) is 27.7 Å². The highest BCUT2D eigenvalue weighted by atomic mass is 16.3. The number of hydrogen-bond donors (Lipinski definition) is 0. The van der Waals surface area contributed by atoms with Gasteiger partial charge in [0.25, 0.3) is 0 Å². The van der Waals surface area contributed by atoms with Crippen LogP contribution < -0.4 is 0 Å². The van der Waals surface area contributed by atoms with Crippen molar-refractivity contribution in [3.05, 3.63) is 28.1 Å². The molecule has 0 N–H and O–H groups in total. The van der Waals surface area contributed by atoms with Gasteiger partial charge in [0.2, 0.25) is 5.89 Å². The maximum atomic E-state index is 5.97. The van der Waals surface area contributed by atoms with E-state index in [2.05, 4.69) is 53.5 Å². The van der Waals surface area contributed by atoms with Crippen molar-refractivity contribution in [2.75, 3.05) is 0 Å². The molecule has 1 heterocycles. The molecule has 0 unspecified atom stereocenters. The van der Waals surface area contributed by atoms with Crippen LogP contribution in [0.5, 0.6) is 0 Å². The lowest BCUT2D eigenvalue weighted by Crippen LogP contribution is -2.11. The Bertz CT molecular complexity index is 540. The molecule has 1 aromatic heterocycles. The molecule has 0 fully saturated rings. The average molecular weight is 231 g/mol. The molecule has 0 aliphatic rings. The molecule has 0 aliphatic carbocycles. The standard InChI is InChI=1S/C15H21NO/c1-8-9(2)11(4)13-12(10(8)3)16-14(17-13)15(5,6)7/h1-7H3. The predicted octanol–water partition coefficient (Wildman–Crippen LogP) is 4.36. The third-order valence-electron chi connectivity index (χ3n) is 3.65. The highest BCUT2D eigenvalue weighted by molar-refractivity contribution is 5.82. The van der Waals surface area contributed by atoms with E-state index in [0.29, 0.717) is 0 Å². The molecule has 1 aromatic carbocycles. The first kappa shape index (κ1) is 12.2. The molecule has 0 aliphatic heterocycles. The van der Waals surface area contributed by atoms with Crippen molar-refractivity contribution >= 4 is 11.1 Å². The van der Waals surface area contributed by atoms with E-state index in [0.717, 1.165) is 17.0 Å². The van der Waals surface area contributed by atoms with Crippen molar-refractivity contribution in [3.63, 3.8) is 0 Å². The summed E-state index contributed by atoms with van der Waals surface area (Å²) in [5.41, 5.74) is 7.02. The van der Waals surface area contributed by atoms with E-state index in [4.69, 9.17) is 4.42 Å². The summed E-state index contributed by atoms with van der Waals surface area (Å²) in [4.78, 5) is 4.68. The first-order valence-electron chi connectivity index (χ1n) is 6.11. The van der Waals surface area contributed by atoms with Crippen molar-refractivity contribution in [2.45, 2.75) is 53.9 Å². The zero-order valence-electron chi connectivity index (χ0n) is 11.9. The minimum absolute atomic E-state index is 0.0420. The Morgan fingerprint density at radius 3 is 1.88 bits per heavy atom. The maximum Gasteiger partial charge on any atom is 0.200 e. The summed E-state index contributed by atoms with van der Waals surface area (Å²) in [7, 11) is 0. The number of rotatable bonds is 0. The van der Waals surface area contributed by atoms with Crippen molar-refractivity contribution in [1.29, 1.82) is 0 Å². The summed E-state index contributed by atoms with van der Waals surface area (Å²) in [6, 6.07) is 0. The first-order chi connectivity index (χ1) is 7.73. The van der Waals surface area contributed by atoms with Crippen LogP contribution >= 0.6 is 0 Å². The SMILES string of the molecule is Cc1c(C)c(C)c2oc(C(C)(C)C)nc2c1C. The second kappa shape index (κ2) is 3.59. The van der Waals surface area contributed by atoms with Gasteiger partial charge in [0, 0.05) is 5.41 Å². The fourth-order valence-electron chi connectivity index (χ4n) is 2.06. The Morgan fingerprint density at radius 2 is 1.35 bits per heavy atom. The number of aryl methyl sites for hydroxylation is 2. The van der Waals surface area contributed by atoms with Gasteiger partial charge in [-0.3, -0.25) is 0 Å². The van der Waals surface area contributed by atoms with Gasteiger partial charge in [-0.25, -0.2) is 4.98 Å². The van der Waals surface area contributed by atoms with E-state index in [1.54, 1.807) is 0 Å². The van der Waals surface area contributed by atoms with Gasteiger partial charge in [-0.15, -0.1) is 0 Å². The molecule has 92 valence electrons. The average Bonchev–Trinajstić information content (AvgIpc) is 2.67. The Kier molecular flexibility index (Phi) is 2.57. The summed E-state index contributed by atoms with van der Waals surface area (Å²) in [5, 5.41) is 0. The number of fused-ring (bicyclic) bond motifs is 1. The Morgan fingerprint density at radius 1 is 0.824 bits per heavy atom. The van der Waals surface area contributed by atoms with E-state index < -0.39 is 0 Å². The first-order valence-corrected chi connectivity index (χ1v) is 6.11. The zero-order valence-corrected chi connectivity index (χ0v) is 11.9. The van der Waals surface area contributed by atoms with E-state index >= 15 is 0 Å². The second-order valence-electron chi connectivity index (χ2n) is 5.95. The van der Waals surface area contributed by atoms with Crippen LogP contribution in [-0.4, -0.2) is 4.98 Å². The summed E-state index contributed by atoms with van der Waals surface area (Å²) < 4.78 is 5.97. The van der Waals surface area contributed by atoms with Gasteiger partial charge in [0.15, 0.2) is 5.58 Å². The van der Waals surface area contributed by atoms with Gasteiger partial charge >= 0.3 is 0 Å². The van der Waals surface area contributed by atoms with Gasteiger partial charge in [-0.2, -0.15) is 0 Å². The highest BCUT2D eigenvalue weighted by Crippen LogP contribution is 2.32. The van der Waals surface area contributed by atoms with Gasteiger partial charge in [0.05, 0.1) is 0 Å². The molecule has 0 bridgehead atoms. The van der Waals surface area contributed by atoms with Crippen molar-refractivity contribution in [1.82, 2.24) is 4.98 Å². The van der Waals surface area contributed by atoms with Crippen LogP contribution in [0.25, 0.3) is 11.1 Å². The quantitative estimate of drug-likeness (QED) is 0.673. The molecule has 0 amide bonds. The minimum Gasteiger partial charge on any atom is -0.440 e. The lowest BCUT2D eigenvalue weighted by molar-refractivity contribution is 0.410. The summed E-state index contributed by atoms with van der Waals surface area (Å²) in [5.74, 6) is 0.823. The van der Waals surface area contributed by atoms with Crippen molar-refractivity contribution in [2.24, 2.45) is 0 Å². The fourth-order valence-corrected chi connectivity index (χ4v) is 2.06. The summed E-state index contributed by atoms with van der Waals surface area (Å²) in [6.45, 7) is 14.9. The van der Waals surface area contributed by atoms with Crippen molar-refractivity contribution in [3.8, 4) is 0 Å². The molecule has 17 heavy (non-hydrogen) atoms. The summed E-state index contributed by atoms with van der Waals surface area (Å²) in [6.07, 6.45) is 0. The lowest BCUT2D eigenvalue weighted by atomic mass is 9.97. The highest BCUT2D eigenvalue weighted by Gasteiger charge is 2.23. The number of hydrogen-bond acceptors (Lipinski definition) is 2. The molecular formula is C15H21NO. The molecule has 0 radical (unpaired) electrons. The maximum absolute atomic E-state index is 5.97. The van der Waals surface area contributed by atoms with Crippen molar-refractivity contribution < 1.29 is 4.42 Å². The van der Waals surface area contributed by atoms with Gasteiger partial charge < -0.3 is 4.42 Å². The smallest absolute Gasteiger partial charge is 0.200 e. The number of aromatic nitrogens is 1. The van der Waals surface area contributed by atoms with E-state index in [1.165, 1.54) is 22.3 Å². The van der Waals surface area contributed by atoms with E-state index in [1.807, 2.05) is 0 Å². The van der Waals surface area contributed by atoms with E-state index in [9.17, 15) is 0 Å². The molecule has 2 aromatic rings. The van der Waals surface area contributed by atoms with Crippen LogP contribution in [0.3, 0.4) is 0 Å². The molecule has 0 atom stereocenters. The van der Waals surface area contributed by atoms with Crippen LogP contribution in [0.2, 0.25) is 0 Å². The van der Waals surface area contributed by atoms with Gasteiger partial charge in [-0.05, 0) is 49.9 Å². The Labute approximate surface area is 103 Å². The van der Waals surface area contributed by atoms with Crippen LogP contribution in [0.4, 0.5) is 0 Å². The molecule has 0 saturated carbocycles. The largest absolute Gasteiger partial charge is 0.440 e. The van der Waals surface area contributed by atoms with Gasteiger partial charge in [-0.1, -0.05) is 20.8 Å². The third kappa shape index (κ3) is 1.76. The number of oxazole rings is 1. The predicted molar refractivity (Wildman–Crippen MR) is 71.7 cm³/mol. The monoisotopic (exact) mass is 231 g/mol. The molecule has 0 spiro atoms. The minimum atomic E-state index is -0.0420. The fraction of sp³-hybridized carbons (Fsp3) is 0.533. The third-order valence-corrected chi connectivity index (χ3v) is 3.65. The van der Waals surface area contributed by atoms with E-state index in [-0.39, 0.29) is 5.41 Å². The van der Waals surface area contributed by atoms with Crippen LogP contribution in [0.1, 0.15) is 48.9 Å². The second-order valence-corrected chi connectivity index (χ2v) is 5.95. The molecular weight excluding hydrogens is 210 g/mol. The number of benzene rings is 1. The molecule has 0 saturated heterocycles. The molecule has 2 nitrogen and oxygen atoms in total. The molecule has 2 rings (SSSR count). The zero-order chi connectivity index (χ0) is 13.0. The summed E-state index contributed by atoms with van der Waals surface area (Å²) >= 11 is 0. The normalized spacial score (nSPS) is 12.4. The van der Waals surface area contributed by atoms with Crippen LogP contribution in [0.15, 0.2) is 4.42 Å². The number of nitrogens with zero attached hydrogens (tertiary/aromatic N) is 1.